The van der Waals surface area contributed by atoms with Gasteiger partial charge in [-0.15, -0.1) is 0 Å². The van der Waals surface area contributed by atoms with Crippen molar-refractivity contribution in [3.63, 3.8) is 0 Å². The second-order valence-electron chi connectivity index (χ2n) is 6.25. The molecule has 0 radical (unpaired) electrons. The van der Waals surface area contributed by atoms with Crippen molar-refractivity contribution in [2.75, 3.05) is 27.0 Å². The molecule has 1 aliphatic carbocycles. The number of nitrogens with zero attached hydrogens (tertiary/aromatic N) is 1. The van der Waals surface area contributed by atoms with Gasteiger partial charge in [-0.3, -0.25) is 0 Å². The summed E-state index contributed by atoms with van der Waals surface area (Å²) in [7, 11) is 1.51. The van der Waals surface area contributed by atoms with Crippen LogP contribution in [0, 0.1) is 11.7 Å². The lowest BCUT2D eigenvalue weighted by Crippen LogP contribution is -2.29. The molecule has 3 rings (SSSR count). The maximum Gasteiger partial charge on any atom is 0.188 e. The second kappa shape index (κ2) is 9.21. The Balaban J connectivity index is 1.57. The Labute approximate surface area is 161 Å². The third-order valence-corrected chi connectivity index (χ3v) is 6.14. The molecule has 2 aliphatic rings. The zero-order valence-electron chi connectivity index (χ0n) is 14.3. The van der Waals surface area contributed by atoms with Gasteiger partial charge in [0.05, 0.1) is 4.47 Å². The van der Waals surface area contributed by atoms with E-state index in [1.807, 2.05) is 6.07 Å². The van der Waals surface area contributed by atoms with E-state index in [1.165, 1.54) is 31.6 Å². The van der Waals surface area contributed by atoms with E-state index in [1.54, 1.807) is 11.9 Å². The van der Waals surface area contributed by atoms with Gasteiger partial charge in [0.2, 0.25) is 0 Å². The third kappa shape index (κ3) is 5.09. The molecule has 1 aliphatic heterocycles. The van der Waals surface area contributed by atoms with Crippen molar-refractivity contribution in [3.8, 4) is 5.75 Å². The molecule has 0 saturated carbocycles. The van der Waals surface area contributed by atoms with Crippen molar-refractivity contribution in [1.29, 1.82) is 0 Å². The Morgan fingerprint density at radius 1 is 1.28 bits per heavy atom. The summed E-state index contributed by atoms with van der Waals surface area (Å²) in [5.41, 5.74) is 1.50. The van der Waals surface area contributed by atoms with Crippen LogP contribution in [-0.4, -0.2) is 31.3 Å². The molecule has 0 spiro atoms. The normalized spacial score (nSPS) is 19.1. The summed E-state index contributed by atoms with van der Waals surface area (Å²) in [6, 6.07) is 3.43. The van der Waals surface area contributed by atoms with Gasteiger partial charge in [-0.2, -0.15) is 0 Å². The van der Waals surface area contributed by atoms with Crippen molar-refractivity contribution in [2.45, 2.75) is 30.6 Å². The molecule has 0 N–H and O–H groups in total. The maximum atomic E-state index is 14.2. The predicted octanol–water partition coefficient (Wildman–Crippen LogP) is 5.57. The minimum absolute atomic E-state index is 0.0276. The molecular formula is C19H23BrFNO2S. The lowest BCUT2D eigenvalue weighted by atomic mass is 9.87. The zero-order chi connectivity index (χ0) is 17.6. The van der Waals surface area contributed by atoms with Crippen LogP contribution in [0.4, 0.5) is 4.39 Å². The van der Waals surface area contributed by atoms with Crippen molar-refractivity contribution in [1.82, 2.24) is 4.31 Å². The lowest BCUT2D eigenvalue weighted by molar-refractivity contribution is 0.0476. The summed E-state index contributed by atoms with van der Waals surface area (Å²) in [6.45, 7) is 2.06. The number of ether oxygens (including phenoxy) is 2. The molecular weight excluding hydrogens is 405 g/mol. The molecule has 6 heteroatoms. The molecule has 1 fully saturated rings. The quantitative estimate of drug-likeness (QED) is 0.437. The van der Waals surface area contributed by atoms with Crippen molar-refractivity contribution in [3.05, 3.63) is 46.2 Å². The number of piperidine rings is 1. The number of hydrogen-bond donors (Lipinski definition) is 0. The Bertz CT molecular complexity index is 634. The van der Waals surface area contributed by atoms with Crippen LogP contribution in [0.5, 0.6) is 5.75 Å². The Hall–Kier alpha value is -0.820. The average Bonchev–Trinajstić information content (AvgIpc) is 2.62. The highest BCUT2D eigenvalue weighted by atomic mass is 79.9. The van der Waals surface area contributed by atoms with Crippen LogP contribution in [-0.2, 0) is 4.74 Å². The number of hydrogen-bond acceptors (Lipinski definition) is 4. The standard InChI is InChI=1S/C19H23BrFNO2S/c1-23-13-24-19-17(20)11-16(12-18(19)21)25-22-9-7-15(8-10-22)14-5-3-2-4-6-14/h3,5-6,11-12,15H,2,4,7-10,13H2,1H3. The monoisotopic (exact) mass is 427 g/mol. The van der Waals surface area contributed by atoms with Gasteiger partial charge in [0.25, 0.3) is 0 Å². The summed E-state index contributed by atoms with van der Waals surface area (Å²) in [5.74, 6) is 0.490. The SMILES string of the molecule is COCOc1c(F)cc(SN2CCC(C3=CCCC=C3)CC2)cc1Br. The van der Waals surface area contributed by atoms with E-state index < -0.39 is 0 Å². The Morgan fingerprint density at radius 2 is 2.08 bits per heavy atom. The molecule has 0 bridgehead atoms. The van der Waals surface area contributed by atoms with Gasteiger partial charge in [-0.25, -0.2) is 8.70 Å². The number of benzene rings is 1. The minimum Gasteiger partial charge on any atom is -0.463 e. The number of allylic oxidation sites excluding steroid dienone is 4. The van der Waals surface area contributed by atoms with E-state index in [0.717, 1.165) is 30.8 Å². The van der Waals surface area contributed by atoms with Crippen molar-refractivity contribution < 1.29 is 13.9 Å². The molecule has 0 amide bonds. The zero-order valence-corrected chi connectivity index (χ0v) is 16.7. The lowest BCUT2D eigenvalue weighted by Gasteiger charge is -2.32. The van der Waals surface area contributed by atoms with E-state index in [4.69, 9.17) is 9.47 Å². The van der Waals surface area contributed by atoms with Gasteiger partial charge in [0.15, 0.2) is 18.4 Å². The summed E-state index contributed by atoms with van der Waals surface area (Å²) >= 11 is 5.00. The highest BCUT2D eigenvalue weighted by Crippen LogP contribution is 2.37. The molecule has 1 aromatic rings. The fourth-order valence-corrected chi connectivity index (χ4v) is 4.93. The van der Waals surface area contributed by atoms with E-state index in [9.17, 15) is 4.39 Å². The number of halogens is 2. The Morgan fingerprint density at radius 3 is 2.72 bits per heavy atom. The smallest absolute Gasteiger partial charge is 0.188 e. The fourth-order valence-electron chi connectivity index (χ4n) is 3.21. The highest BCUT2D eigenvalue weighted by molar-refractivity contribution is 9.10. The van der Waals surface area contributed by atoms with Crippen LogP contribution in [0.25, 0.3) is 0 Å². The summed E-state index contributed by atoms with van der Waals surface area (Å²) in [5, 5.41) is 0. The van der Waals surface area contributed by atoms with Crippen LogP contribution in [0.1, 0.15) is 25.7 Å². The van der Waals surface area contributed by atoms with Crippen LogP contribution in [0.2, 0.25) is 0 Å². The van der Waals surface area contributed by atoms with Crippen LogP contribution < -0.4 is 4.74 Å². The second-order valence-corrected chi connectivity index (χ2v) is 8.27. The van der Waals surface area contributed by atoms with Gasteiger partial charge in [0, 0.05) is 25.1 Å². The third-order valence-electron chi connectivity index (χ3n) is 4.48. The molecule has 0 atom stereocenters. The van der Waals surface area contributed by atoms with E-state index in [0.29, 0.717) is 10.4 Å². The molecule has 1 saturated heterocycles. The number of rotatable bonds is 6. The molecule has 0 unspecified atom stereocenters. The van der Waals surface area contributed by atoms with Crippen LogP contribution in [0.3, 0.4) is 0 Å². The summed E-state index contributed by atoms with van der Waals surface area (Å²) in [6.07, 6.45) is 11.6. The molecule has 136 valence electrons. The van der Waals surface area contributed by atoms with Gasteiger partial charge < -0.3 is 9.47 Å². The van der Waals surface area contributed by atoms with Crippen molar-refractivity contribution >= 4 is 27.9 Å². The number of methoxy groups -OCH3 is 1. The van der Waals surface area contributed by atoms with Gasteiger partial charge in [-0.05, 0) is 77.2 Å². The molecule has 1 aromatic carbocycles. The summed E-state index contributed by atoms with van der Waals surface area (Å²) in [4.78, 5) is 0.879. The molecule has 1 heterocycles. The summed E-state index contributed by atoms with van der Waals surface area (Å²) < 4.78 is 27.3. The average molecular weight is 428 g/mol. The molecule has 25 heavy (non-hydrogen) atoms. The first-order chi connectivity index (χ1) is 12.2. The molecule has 3 nitrogen and oxygen atoms in total. The predicted molar refractivity (Wildman–Crippen MR) is 103 cm³/mol. The van der Waals surface area contributed by atoms with Gasteiger partial charge in [0.1, 0.15) is 0 Å². The van der Waals surface area contributed by atoms with E-state index in [-0.39, 0.29) is 18.4 Å². The van der Waals surface area contributed by atoms with E-state index >= 15 is 0 Å². The van der Waals surface area contributed by atoms with Crippen LogP contribution in [0.15, 0.2) is 45.3 Å². The van der Waals surface area contributed by atoms with E-state index in [2.05, 4.69) is 38.5 Å². The first-order valence-electron chi connectivity index (χ1n) is 8.57. The minimum atomic E-state index is -0.374. The first kappa shape index (κ1) is 19.0. The highest BCUT2D eigenvalue weighted by Gasteiger charge is 2.23. The fraction of sp³-hybridized carbons (Fsp3) is 0.474. The van der Waals surface area contributed by atoms with Crippen LogP contribution >= 0.6 is 27.9 Å². The Kier molecular flexibility index (Phi) is 6.99. The van der Waals surface area contributed by atoms with Gasteiger partial charge >= 0.3 is 0 Å². The van der Waals surface area contributed by atoms with Crippen molar-refractivity contribution in [2.24, 2.45) is 5.92 Å². The maximum absolute atomic E-state index is 14.2. The molecule has 0 aromatic heterocycles. The van der Waals surface area contributed by atoms with Gasteiger partial charge in [-0.1, -0.05) is 18.2 Å². The largest absolute Gasteiger partial charge is 0.463 e. The first-order valence-corrected chi connectivity index (χ1v) is 10.1. The topological polar surface area (TPSA) is 21.7 Å².